The zero-order valence-electron chi connectivity index (χ0n) is 17.3. The Labute approximate surface area is 187 Å². The first-order valence-electron chi connectivity index (χ1n) is 9.89. The molecule has 0 N–H and O–H groups in total. The molecule has 4 aromatic rings. The number of anilines is 1. The zero-order chi connectivity index (χ0) is 22.4. The number of thioether (sulfide) groups is 1. The van der Waals surface area contributed by atoms with Gasteiger partial charge in [0, 0.05) is 16.6 Å². The Morgan fingerprint density at radius 3 is 2.53 bits per heavy atom. The number of carbonyl (C=O) groups excluding carboxylic acids is 1. The molecule has 0 fully saturated rings. The van der Waals surface area contributed by atoms with Gasteiger partial charge in [-0.25, -0.2) is 4.39 Å². The molecule has 32 heavy (non-hydrogen) atoms. The van der Waals surface area contributed by atoms with E-state index in [1.165, 1.54) is 17.0 Å². The summed E-state index contributed by atoms with van der Waals surface area (Å²) in [6.07, 6.45) is 1.97. The van der Waals surface area contributed by atoms with Crippen molar-refractivity contribution in [2.75, 3.05) is 18.3 Å². The van der Waals surface area contributed by atoms with Gasteiger partial charge in [-0.3, -0.25) is 14.5 Å². The molecule has 1 aliphatic rings. The van der Waals surface area contributed by atoms with Gasteiger partial charge in [-0.2, -0.15) is 0 Å². The summed E-state index contributed by atoms with van der Waals surface area (Å²) in [6.45, 7) is 0. The summed E-state index contributed by atoms with van der Waals surface area (Å²) in [5.41, 5.74) is 1.27. The fourth-order valence-corrected chi connectivity index (χ4v) is 4.48. The van der Waals surface area contributed by atoms with Crippen molar-refractivity contribution in [2.24, 2.45) is 0 Å². The van der Waals surface area contributed by atoms with Crippen LogP contribution in [0.1, 0.15) is 27.7 Å². The van der Waals surface area contributed by atoms with Gasteiger partial charge in [-0.15, -0.1) is 11.8 Å². The second-order valence-corrected chi connectivity index (χ2v) is 8.25. The molecular formula is C25H18FNO4S. The topological polar surface area (TPSA) is 59.8 Å². The molecule has 1 aliphatic heterocycles. The third-order valence-corrected chi connectivity index (χ3v) is 6.34. The van der Waals surface area contributed by atoms with E-state index in [1.807, 2.05) is 30.5 Å². The van der Waals surface area contributed by atoms with Crippen LogP contribution in [0.25, 0.3) is 11.0 Å². The van der Waals surface area contributed by atoms with Crippen LogP contribution in [0.5, 0.6) is 5.75 Å². The number of hydrogen-bond donors (Lipinski definition) is 0. The molecule has 160 valence electrons. The van der Waals surface area contributed by atoms with E-state index < -0.39 is 23.2 Å². The smallest absolute Gasteiger partial charge is 0.295 e. The fraction of sp³-hybridized carbons (Fsp3) is 0.120. The van der Waals surface area contributed by atoms with Crippen LogP contribution in [-0.2, 0) is 0 Å². The van der Waals surface area contributed by atoms with Crippen LogP contribution in [-0.4, -0.2) is 19.3 Å². The van der Waals surface area contributed by atoms with E-state index in [0.29, 0.717) is 11.4 Å². The molecule has 0 radical (unpaired) electrons. The largest absolute Gasteiger partial charge is 0.497 e. The summed E-state index contributed by atoms with van der Waals surface area (Å²) in [6, 6.07) is 17.7. The molecule has 0 spiro atoms. The van der Waals surface area contributed by atoms with Crippen LogP contribution < -0.4 is 15.1 Å². The highest BCUT2D eigenvalue weighted by Gasteiger charge is 2.43. The lowest BCUT2D eigenvalue weighted by molar-refractivity contribution is 0.0971. The summed E-state index contributed by atoms with van der Waals surface area (Å²) in [5.74, 6) is -0.430. The van der Waals surface area contributed by atoms with Gasteiger partial charge in [0.15, 0.2) is 5.43 Å². The minimum absolute atomic E-state index is 0.0316. The number of nitrogens with zero attached hydrogens (tertiary/aromatic N) is 1. The van der Waals surface area contributed by atoms with Gasteiger partial charge in [0.05, 0.1) is 24.1 Å². The van der Waals surface area contributed by atoms with Gasteiger partial charge in [0.25, 0.3) is 5.91 Å². The standard InChI is InChI=1S/C25H18FNO4S/c1-30-17-5-3-4-16(13-17)27-22(14-6-9-18(32-2)10-7-14)21-23(28)19-12-15(26)8-11-20(19)31-24(21)25(27)29/h3-13,22H,1-2H3. The Kier molecular flexibility index (Phi) is 4.98. The number of rotatable bonds is 4. The van der Waals surface area contributed by atoms with Crippen molar-refractivity contribution in [3.63, 3.8) is 0 Å². The Hall–Kier alpha value is -3.58. The Morgan fingerprint density at radius 2 is 1.81 bits per heavy atom. The molecule has 7 heteroatoms. The molecule has 5 nitrogen and oxygen atoms in total. The molecule has 1 aromatic heterocycles. The van der Waals surface area contributed by atoms with Gasteiger partial charge in [0.2, 0.25) is 5.76 Å². The van der Waals surface area contributed by atoms with Crippen LogP contribution in [0.3, 0.4) is 0 Å². The molecule has 0 saturated heterocycles. The number of methoxy groups -OCH3 is 1. The molecule has 0 saturated carbocycles. The number of carbonyl (C=O) groups is 1. The number of halogens is 1. The molecular weight excluding hydrogens is 429 g/mol. The van der Waals surface area contributed by atoms with E-state index in [2.05, 4.69) is 0 Å². The average Bonchev–Trinajstić information content (AvgIpc) is 3.12. The van der Waals surface area contributed by atoms with E-state index in [1.54, 1.807) is 43.1 Å². The highest BCUT2D eigenvalue weighted by Crippen LogP contribution is 2.42. The molecule has 1 atom stereocenters. The van der Waals surface area contributed by atoms with Gasteiger partial charge in [-0.1, -0.05) is 18.2 Å². The van der Waals surface area contributed by atoms with Crippen LogP contribution in [0, 0.1) is 5.82 Å². The van der Waals surface area contributed by atoms with Crippen molar-refractivity contribution in [1.82, 2.24) is 0 Å². The molecule has 1 amide bonds. The van der Waals surface area contributed by atoms with Gasteiger partial charge >= 0.3 is 0 Å². The lowest BCUT2D eigenvalue weighted by Gasteiger charge is -2.25. The monoisotopic (exact) mass is 447 g/mol. The Balaban J connectivity index is 1.79. The molecule has 0 aliphatic carbocycles. The van der Waals surface area contributed by atoms with Crippen LogP contribution in [0.4, 0.5) is 10.1 Å². The summed E-state index contributed by atoms with van der Waals surface area (Å²) in [5, 5.41) is 0.106. The number of benzene rings is 3. The predicted molar refractivity (Wildman–Crippen MR) is 122 cm³/mol. The molecule has 5 rings (SSSR count). The van der Waals surface area contributed by atoms with E-state index in [-0.39, 0.29) is 22.3 Å². The SMILES string of the molecule is COc1cccc(N2C(=O)c3oc4ccc(F)cc4c(=O)c3C2c2ccc(SC)cc2)c1. The van der Waals surface area contributed by atoms with Crippen molar-refractivity contribution < 1.29 is 18.3 Å². The van der Waals surface area contributed by atoms with Gasteiger partial charge < -0.3 is 9.15 Å². The van der Waals surface area contributed by atoms with Crippen LogP contribution >= 0.6 is 11.8 Å². The van der Waals surface area contributed by atoms with Gasteiger partial charge in [-0.05, 0) is 54.3 Å². The zero-order valence-corrected chi connectivity index (χ0v) is 18.1. The highest BCUT2D eigenvalue weighted by atomic mass is 32.2. The number of amides is 1. The predicted octanol–water partition coefficient (Wildman–Crippen LogP) is 5.41. The van der Waals surface area contributed by atoms with Crippen molar-refractivity contribution in [3.8, 4) is 5.75 Å². The maximum absolute atomic E-state index is 13.9. The molecule has 3 aromatic carbocycles. The second-order valence-electron chi connectivity index (χ2n) is 7.37. The fourth-order valence-electron chi connectivity index (χ4n) is 4.07. The molecule has 0 bridgehead atoms. The lowest BCUT2D eigenvalue weighted by Crippen LogP contribution is -2.29. The first-order valence-corrected chi connectivity index (χ1v) is 11.1. The summed E-state index contributed by atoms with van der Waals surface area (Å²) < 4.78 is 25.1. The van der Waals surface area contributed by atoms with Gasteiger partial charge in [0.1, 0.15) is 17.1 Å². The normalized spacial score (nSPS) is 15.3. The number of hydrogen-bond acceptors (Lipinski definition) is 5. The van der Waals surface area contributed by atoms with Crippen molar-refractivity contribution in [1.29, 1.82) is 0 Å². The minimum Gasteiger partial charge on any atom is -0.497 e. The third-order valence-electron chi connectivity index (χ3n) is 5.60. The Morgan fingerprint density at radius 1 is 1.03 bits per heavy atom. The maximum Gasteiger partial charge on any atom is 0.295 e. The van der Waals surface area contributed by atoms with Crippen molar-refractivity contribution in [2.45, 2.75) is 10.9 Å². The summed E-state index contributed by atoms with van der Waals surface area (Å²) in [4.78, 5) is 29.6. The molecule has 2 heterocycles. The summed E-state index contributed by atoms with van der Waals surface area (Å²) >= 11 is 1.60. The van der Waals surface area contributed by atoms with E-state index in [0.717, 1.165) is 16.5 Å². The van der Waals surface area contributed by atoms with Crippen molar-refractivity contribution in [3.05, 3.63) is 99.7 Å². The first-order chi connectivity index (χ1) is 15.5. The van der Waals surface area contributed by atoms with E-state index >= 15 is 0 Å². The molecule has 1 unspecified atom stereocenters. The first kappa shape index (κ1) is 20.3. The van der Waals surface area contributed by atoms with Crippen LogP contribution in [0.2, 0.25) is 0 Å². The number of ether oxygens (including phenoxy) is 1. The minimum atomic E-state index is -0.718. The lowest BCUT2D eigenvalue weighted by atomic mass is 9.98. The summed E-state index contributed by atoms with van der Waals surface area (Å²) in [7, 11) is 1.55. The maximum atomic E-state index is 13.9. The Bertz CT molecular complexity index is 1410. The average molecular weight is 447 g/mol. The van der Waals surface area contributed by atoms with E-state index in [9.17, 15) is 14.0 Å². The van der Waals surface area contributed by atoms with E-state index in [4.69, 9.17) is 9.15 Å². The quantitative estimate of drug-likeness (QED) is 0.392. The van der Waals surface area contributed by atoms with Crippen molar-refractivity contribution >= 4 is 34.3 Å². The second kappa shape index (κ2) is 7.84. The highest BCUT2D eigenvalue weighted by molar-refractivity contribution is 7.98. The van der Waals surface area contributed by atoms with Crippen LogP contribution in [0.15, 0.2) is 80.8 Å². The third kappa shape index (κ3) is 3.17. The number of fused-ring (bicyclic) bond motifs is 2.